The number of pyridine rings is 1. The molecule has 0 amide bonds. The van der Waals surface area contributed by atoms with Gasteiger partial charge in [0.05, 0.1) is 11.9 Å². The molecule has 10 heteroatoms. The largest absolute Gasteiger partial charge is 0.474 e. The van der Waals surface area contributed by atoms with Gasteiger partial charge >= 0.3 is 17.9 Å². The Balaban J connectivity index is 1.80. The molecule has 2 aromatic heterocycles. The summed E-state index contributed by atoms with van der Waals surface area (Å²) in [4.78, 5) is 39.2. The summed E-state index contributed by atoms with van der Waals surface area (Å²) in [7, 11) is 0. The molecular formula is C20H21NO7S2. The van der Waals surface area contributed by atoms with Gasteiger partial charge in [-0.15, -0.1) is 11.8 Å². The van der Waals surface area contributed by atoms with Crippen molar-refractivity contribution in [1.29, 1.82) is 0 Å². The van der Waals surface area contributed by atoms with Crippen LogP contribution in [0.1, 0.15) is 20.8 Å². The zero-order chi connectivity index (χ0) is 21.7. The molecule has 1 aliphatic heterocycles. The van der Waals surface area contributed by atoms with E-state index in [9.17, 15) is 14.4 Å². The minimum atomic E-state index is -0.986. The molecule has 0 aliphatic carbocycles. The SMILES string of the molecule is CC(=O)O[C@@H]1[C@@H](OC(C)=O)[C@@H](Oc2ccc(-c3ccsc3)nc2)SC[C@H]1OC(C)=O. The highest BCUT2D eigenvalue weighted by molar-refractivity contribution is 7.99. The Morgan fingerprint density at radius 3 is 2.23 bits per heavy atom. The minimum absolute atomic E-state index is 0.306. The quantitative estimate of drug-likeness (QED) is 0.484. The molecule has 1 saturated heterocycles. The molecule has 1 fully saturated rings. The number of aromatic nitrogens is 1. The molecule has 4 atom stereocenters. The van der Waals surface area contributed by atoms with E-state index in [2.05, 4.69) is 4.98 Å². The molecule has 0 spiro atoms. The van der Waals surface area contributed by atoms with Gasteiger partial charge in [-0.1, -0.05) is 0 Å². The van der Waals surface area contributed by atoms with Crippen LogP contribution in [0.3, 0.4) is 0 Å². The lowest BCUT2D eigenvalue weighted by Gasteiger charge is -2.39. The van der Waals surface area contributed by atoms with E-state index in [1.165, 1.54) is 32.5 Å². The number of thiophene rings is 1. The van der Waals surface area contributed by atoms with E-state index in [0.717, 1.165) is 11.3 Å². The van der Waals surface area contributed by atoms with E-state index in [1.807, 2.05) is 22.9 Å². The Morgan fingerprint density at radius 2 is 1.67 bits per heavy atom. The first-order valence-electron chi connectivity index (χ1n) is 9.12. The molecule has 0 N–H and O–H groups in total. The van der Waals surface area contributed by atoms with Gasteiger partial charge < -0.3 is 18.9 Å². The Bertz CT molecular complexity index is 885. The molecule has 8 nitrogen and oxygen atoms in total. The summed E-state index contributed by atoms with van der Waals surface area (Å²) in [5.41, 5.74) is 1.14. The summed E-state index contributed by atoms with van der Waals surface area (Å²) in [5.74, 6) is -0.897. The van der Waals surface area contributed by atoms with E-state index in [1.54, 1.807) is 23.6 Å². The molecule has 0 radical (unpaired) electrons. The number of hydrogen-bond donors (Lipinski definition) is 0. The first-order valence-corrected chi connectivity index (χ1v) is 11.1. The minimum Gasteiger partial charge on any atom is -0.474 e. The van der Waals surface area contributed by atoms with Crippen LogP contribution in [0, 0.1) is 0 Å². The van der Waals surface area contributed by atoms with Crippen molar-refractivity contribution in [3.63, 3.8) is 0 Å². The number of rotatable bonds is 6. The van der Waals surface area contributed by atoms with E-state index >= 15 is 0 Å². The van der Waals surface area contributed by atoms with Crippen LogP contribution in [0.4, 0.5) is 0 Å². The van der Waals surface area contributed by atoms with Crippen molar-refractivity contribution in [2.24, 2.45) is 0 Å². The summed E-state index contributed by atoms with van der Waals surface area (Å²) in [5, 5.41) is 3.97. The average molecular weight is 452 g/mol. The van der Waals surface area contributed by atoms with Gasteiger partial charge in [0.25, 0.3) is 0 Å². The van der Waals surface area contributed by atoms with Crippen molar-refractivity contribution in [1.82, 2.24) is 4.98 Å². The van der Waals surface area contributed by atoms with Gasteiger partial charge in [-0.2, -0.15) is 11.3 Å². The number of ether oxygens (including phenoxy) is 4. The third-order valence-electron chi connectivity index (χ3n) is 4.11. The van der Waals surface area contributed by atoms with E-state index in [-0.39, 0.29) is 0 Å². The standard InChI is InChI=1S/C20H21NO7S2/c1-11(22)25-17-10-30-20(19(27-13(3)24)18(17)26-12(2)23)28-15-4-5-16(21-8-15)14-6-7-29-9-14/h4-9,17-20H,10H2,1-3H3/t17-,18+,19-,20+/m1/s1. The molecule has 0 aromatic carbocycles. The Kier molecular flexibility index (Phi) is 7.33. The third-order valence-corrected chi connectivity index (χ3v) is 6.01. The van der Waals surface area contributed by atoms with Crippen LogP contribution in [0.15, 0.2) is 35.2 Å². The van der Waals surface area contributed by atoms with Crippen LogP contribution in [0.2, 0.25) is 0 Å². The summed E-state index contributed by atoms with van der Waals surface area (Å²) in [6.45, 7) is 3.75. The number of nitrogens with zero attached hydrogens (tertiary/aromatic N) is 1. The van der Waals surface area contributed by atoms with Crippen molar-refractivity contribution in [3.05, 3.63) is 35.2 Å². The molecule has 2 aromatic rings. The second kappa shape index (κ2) is 9.94. The monoisotopic (exact) mass is 451 g/mol. The normalized spacial score (nSPS) is 23.3. The van der Waals surface area contributed by atoms with Gasteiger partial charge in [0.1, 0.15) is 5.75 Å². The van der Waals surface area contributed by atoms with E-state index in [0.29, 0.717) is 11.5 Å². The summed E-state index contributed by atoms with van der Waals surface area (Å²) >= 11 is 2.88. The van der Waals surface area contributed by atoms with Gasteiger partial charge in [-0.05, 0) is 23.6 Å². The molecule has 3 heterocycles. The van der Waals surface area contributed by atoms with Crippen LogP contribution in [0.25, 0.3) is 11.3 Å². The number of carbonyl (C=O) groups is 3. The number of thioether (sulfide) groups is 1. The highest BCUT2D eigenvalue weighted by atomic mass is 32.2. The molecule has 0 bridgehead atoms. The van der Waals surface area contributed by atoms with E-state index < -0.39 is 41.7 Å². The van der Waals surface area contributed by atoms with E-state index in [4.69, 9.17) is 18.9 Å². The van der Waals surface area contributed by atoms with Crippen molar-refractivity contribution < 1.29 is 33.3 Å². The molecule has 0 saturated carbocycles. The fourth-order valence-corrected chi connectivity index (χ4v) is 4.84. The predicted molar refractivity (Wildman–Crippen MR) is 111 cm³/mol. The maximum Gasteiger partial charge on any atom is 0.303 e. The lowest BCUT2D eigenvalue weighted by atomic mass is 10.1. The molecular weight excluding hydrogens is 430 g/mol. The molecule has 30 heavy (non-hydrogen) atoms. The predicted octanol–water partition coefficient (Wildman–Crippen LogP) is 3.06. The van der Waals surface area contributed by atoms with Crippen LogP contribution in [-0.4, -0.2) is 52.4 Å². The summed E-state index contributed by atoms with van der Waals surface area (Å²) in [6, 6.07) is 5.57. The zero-order valence-electron chi connectivity index (χ0n) is 16.6. The second-order valence-electron chi connectivity index (χ2n) is 6.51. The maximum atomic E-state index is 11.7. The maximum absolute atomic E-state index is 11.7. The van der Waals surface area contributed by atoms with Crippen LogP contribution >= 0.6 is 23.1 Å². The van der Waals surface area contributed by atoms with Crippen molar-refractivity contribution in [2.45, 2.75) is 44.5 Å². The van der Waals surface area contributed by atoms with Gasteiger partial charge in [-0.3, -0.25) is 19.4 Å². The molecule has 3 rings (SSSR count). The Hall–Kier alpha value is -2.59. The van der Waals surface area contributed by atoms with Gasteiger partial charge in [0.2, 0.25) is 0 Å². The molecule has 1 aliphatic rings. The fraction of sp³-hybridized carbons (Fsp3) is 0.400. The number of carbonyl (C=O) groups excluding carboxylic acids is 3. The van der Waals surface area contributed by atoms with Crippen LogP contribution < -0.4 is 4.74 Å². The molecule has 160 valence electrons. The fourth-order valence-electron chi connectivity index (χ4n) is 2.98. The topological polar surface area (TPSA) is 101 Å². The van der Waals surface area contributed by atoms with Gasteiger partial charge in [0.15, 0.2) is 23.7 Å². The average Bonchev–Trinajstić information content (AvgIpc) is 3.20. The summed E-state index contributed by atoms with van der Waals surface area (Å²) < 4.78 is 22.0. The first-order chi connectivity index (χ1) is 14.3. The van der Waals surface area contributed by atoms with Crippen molar-refractivity contribution in [2.75, 3.05) is 5.75 Å². The van der Waals surface area contributed by atoms with Crippen molar-refractivity contribution in [3.8, 4) is 17.0 Å². The Morgan fingerprint density at radius 1 is 0.967 bits per heavy atom. The number of hydrogen-bond acceptors (Lipinski definition) is 10. The third kappa shape index (κ3) is 5.73. The van der Waals surface area contributed by atoms with Gasteiger partial charge in [0, 0.05) is 37.5 Å². The lowest BCUT2D eigenvalue weighted by Crippen LogP contribution is -2.55. The van der Waals surface area contributed by atoms with Crippen LogP contribution in [0.5, 0.6) is 5.75 Å². The van der Waals surface area contributed by atoms with Crippen molar-refractivity contribution >= 4 is 41.0 Å². The smallest absolute Gasteiger partial charge is 0.303 e. The zero-order valence-corrected chi connectivity index (χ0v) is 18.2. The molecule has 0 unspecified atom stereocenters. The van der Waals surface area contributed by atoms with Crippen LogP contribution in [-0.2, 0) is 28.6 Å². The second-order valence-corrected chi connectivity index (χ2v) is 8.42. The lowest BCUT2D eigenvalue weighted by molar-refractivity contribution is -0.186. The Labute approximate surface area is 181 Å². The first kappa shape index (κ1) is 22.1. The highest BCUT2D eigenvalue weighted by Crippen LogP contribution is 2.34. The van der Waals surface area contributed by atoms with Gasteiger partial charge in [-0.25, -0.2) is 0 Å². The number of esters is 3. The highest BCUT2D eigenvalue weighted by Gasteiger charge is 2.47. The summed E-state index contributed by atoms with van der Waals surface area (Å²) in [6.07, 6.45) is -1.14.